The molecule has 2 atom stereocenters. The molecule has 30 heavy (non-hydrogen) atoms. The molecule has 7 nitrogen and oxygen atoms in total. The average molecular weight is 459 g/mol. The lowest BCUT2D eigenvalue weighted by Crippen LogP contribution is -2.39. The Morgan fingerprint density at radius 2 is 2.00 bits per heavy atom. The average Bonchev–Trinajstić information content (AvgIpc) is 3.11. The van der Waals surface area contributed by atoms with Gasteiger partial charge >= 0.3 is 12.3 Å². The fourth-order valence-electron chi connectivity index (χ4n) is 2.75. The maximum absolute atomic E-state index is 13.0. The minimum atomic E-state index is -4.75. The Morgan fingerprint density at radius 1 is 1.30 bits per heavy atom. The third-order valence-electron chi connectivity index (χ3n) is 4.17. The quantitative estimate of drug-likeness (QED) is 0.728. The Bertz CT molecular complexity index is 1060. The van der Waals surface area contributed by atoms with Gasteiger partial charge in [-0.2, -0.15) is 18.4 Å². The predicted molar refractivity (Wildman–Crippen MR) is 98.7 cm³/mol. The molecule has 0 aliphatic carbocycles. The monoisotopic (exact) mass is 458 g/mol. The summed E-state index contributed by atoms with van der Waals surface area (Å²) >= 11 is 11.8. The summed E-state index contributed by atoms with van der Waals surface area (Å²) in [7, 11) is 0. The lowest BCUT2D eigenvalue weighted by atomic mass is 9.98. The van der Waals surface area contributed by atoms with Gasteiger partial charge in [-0.25, -0.2) is 9.78 Å². The second kappa shape index (κ2) is 8.38. The molecule has 0 saturated carbocycles. The van der Waals surface area contributed by atoms with Gasteiger partial charge in [0, 0.05) is 6.20 Å². The van der Waals surface area contributed by atoms with Crippen LogP contribution in [0.3, 0.4) is 0 Å². The molecule has 0 spiro atoms. The van der Waals surface area contributed by atoms with Gasteiger partial charge in [0.15, 0.2) is 11.8 Å². The van der Waals surface area contributed by atoms with E-state index in [1.54, 1.807) is 0 Å². The summed E-state index contributed by atoms with van der Waals surface area (Å²) in [5.74, 6) is -0.699. The molecule has 12 heteroatoms. The molecular formula is C18H11Cl2F3N4O3. The molecule has 1 unspecified atom stereocenters. The van der Waals surface area contributed by atoms with Crippen molar-refractivity contribution in [2.75, 3.05) is 6.54 Å². The first-order valence-electron chi connectivity index (χ1n) is 8.27. The molecule has 0 radical (unpaired) electrons. The highest BCUT2D eigenvalue weighted by molar-refractivity contribution is 6.32. The zero-order valence-electron chi connectivity index (χ0n) is 14.8. The van der Waals surface area contributed by atoms with E-state index in [0.29, 0.717) is 5.56 Å². The number of nitrogens with one attached hydrogen (secondary N) is 2. The zero-order chi connectivity index (χ0) is 22.1. The van der Waals surface area contributed by atoms with Gasteiger partial charge in [-0.1, -0.05) is 29.3 Å². The Hall–Kier alpha value is -3.03. The van der Waals surface area contributed by atoms with Crippen LogP contribution in [-0.4, -0.2) is 29.6 Å². The van der Waals surface area contributed by atoms with Gasteiger partial charge in [0.2, 0.25) is 0 Å². The third-order valence-corrected chi connectivity index (χ3v) is 4.77. The van der Waals surface area contributed by atoms with E-state index < -0.39 is 41.0 Å². The molecule has 2 N–H and O–H groups in total. The van der Waals surface area contributed by atoms with Gasteiger partial charge in [-0.15, -0.1) is 0 Å². The summed E-state index contributed by atoms with van der Waals surface area (Å²) in [5.41, 5.74) is -0.630. The van der Waals surface area contributed by atoms with Gasteiger partial charge in [0.25, 0.3) is 5.91 Å². The Kier molecular flexibility index (Phi) is 6.05. The topological polar surface area (TPSA) is 104 Å². The number of nitrogens with zero attached hydrogens (tertiary/aromatic N) is 2. The molecular weight excluding hydrogens is 448 g/mol. The van der Waals surface area contributed by atoms with Crippen LogP contribution < -0.4 is 10.6 Å². The number of carbonyl (C=O) groups excluding carboxylic acids is 2. The number of carbonyl (C=O) groups is 2. The lowest BCUT2D eigenvalue weighted by molar-refractivity contribution is -0.141. The number of alkyl halides is 3. The van der Waals surface area contributed by atoms with E-state index in [1.165, 1.54) is 18.2 Å². The number of halogens is 5. The molecule has 2 amide bonds. The minimum absolute atomic E-state index is 0.0719. The standard InChI is InChI=1S/C18H11Cl2F3N4O3/c19-11-3-8(1-2-9(11)5-24)14(27-16(28)13-7-26-17(29)30-13)10-4-12(20)15(25-6-10)18(21,22)23/h1-4,6,13-14H,7H2,(H,26,29)(H,27,28)/t13?,14-/m1/s1. The maximum atomic E-state index is 13.0. The number of aromatic nitrogens is 1. The van der Waals surface area contributed by atoms with Crippen molar-refractivity contribution < 1.29 is 27.5 Å². The van der Waals surface area contributed by atoms with Crippen molar-refractivity contribution in [3.05, 3.63) is 62.9 Å². The molecule has 1 saturated heterocycles. The van der Waals surface area contributed by atoms with Gasteiger partial charge in [-0.05, 0) is 29.3 Å². The molecule has 2 heterocycles. The van der Waals surface area contributed by atoms with E-state index in [-0.39, 0.29) is 22.7 Å². The van der Waals surface area contributed by atoms with Crippen LogP contribution in [0.1, 0.15) is 28.4 Å². The summed E-state index contributed by atoms with van der Waals surface area (Å²) in [5, 5.41) is 13.4. The summed E-state index contributed by atoms with van der Waals surface area (Å²) in [6.07, 6.45) is -5.74. The van der Waals surface area contributed by atoms with Crippen molar-refractivity contribution in [1.29, 1.82) is 5.26 Å². The second-order valence-electron chi connectivity index (χ2n) is 6.16. The number of cyclic esters (lactones) is 1. The molecule has 3 rings (SSSR count). The number of nitriles is 1. The summed E-state index contributed by atoms with van der Waals surface area (Å²) < 4.78 is 43.7. The number of rotatable bonds is 4. The highest BCUT2D eigenvalue weighted by atomic mass is 35.5. The normalized spacial score (nSPS) is 16.9. The second-order valence-corrected chi connectivity index (χ2v) is 6.98. The smallest absolute Gasteiger partial charge is 0.434 e. The van der Waals surface area contributed by atoms with Crippen LogP contribution in [0.2, 0.25) is 10.0 Å². The van der Waals surface area contributed by atoms with Crippen LogP contribution in [0.25, 0.3) is 0 Å². The van der Waals surface area contributed by atoms with Crippen LogP contribution in [0, 0.1) is 11.3 Å². The highest BCUT2D eigenvalue weighted by Gasteiger charge is 2.36. The van der Waals surface area contributed by atoms with Crippen molar-refractivity contribution in [3.63, 3.8) is 0 Å². The van der Waals surface area contributed by atoms with Crippen molar-refractivity contribution in [2.24, 2.45) is 0 Å². The molecule has 1 aliphatic rings. The third kappa shape index (κ3) is 4.58. The van der Waals surface area contributed by atoms with Gasteiger partial charge in [0.1, 0.15) is 6.07 Å². The highest BCUT2D eigenvalue weighted by Crippen LogP contribution is 2.35. The van der Waals surface area contributed by atoms with Gasteiger partial charge < -0.3 is 15.4 Å². The number of pyridine rings is 1. The van der Waals surface area contributed by atoms with Crippen molar-refractivity contribution in [2.45, 2.75) is 18.3 Å². The summed E-state index contributed by atoms with van der Waals surface area (Å²) in [4.78, 5) is 27.1. The Morgan fingerprint density at radius 3 is 2.53 bits per heavy atom. The Labute approximate surface area is 177 Å². The van der Waals surface area contributed by atoms with Crippen molar-refractivity contribution in [3.8, 4) is 6.07 Å². The van der Waals surface area contributed by atoms with Crippen LogP contribution in [0.15, 0.2) is 30.5 Å². The van der Waals surface area contributed by atoms with Crippen LogP contribution in [0.4, 0.5) is 18.0 Å². The fraction of sp³-hybridized carbons (Fsp3) is 0.222. The van der Waals surface area contributed by atoms with Crippen LogP contribution in [0.5, 0.6) is 0 Å². The zero-order valence-corrected chi connectivity index (χ0v) is 16.3. The molecule has 2 aromatic rings. The number of benzene rings is 1. The number of amides is 2. The van der Waals surface area contributed by atoms with E-state index in [0.717, 1.165) is 12.3 Å². The predicted octanol–water partition coefficient (Wildman–Crippen LogP) is 3.59. The molecule has 1 aromatic carbocycles. The van der Waals surface area contributed by atoms with E-state index in [4.69, 9.17) is 33.2 Å². The molecule has 1 aliphatic heterocycles. The van der Waals surface area contributed by atoms with Crippen LogP contribution >= 0.6 is 23.2 Å². The van der Waals surface area contributed by atoms with Crippen molar-refractivity contribution in [1.82, 2.24) is 15.6 Å². The largest absolute Gasteiger partial charge is 0.434 e. The van der Waals surface area contributed by atoms with Crippen LogP contribution in [-0.2, 0) is 15.7 Å². The van der Waals surface area contributed by atoms with E-state index in [2.05, 4.69) is 15.6 Å². The first-order chi connectivity index (χ1) is 14.1. The van der Waals surface area contributed by atoms with Crippen molar-refractivity contribution >= 4 is 35.2 Å². The summed E-state index contributed by atoms with van der Waals surface area (Å²) in [6.45, 7) is -0.0719. The first-order valence-corrected chi connectivity index (χ1v) is 9.02. The first kappa shape index (κ1) is 21.7. The van der Waals surface area contributed by atoms with E-state index >= 15 is 0 Å². The van der Waals surface area contributed by atoms with E-state index in [9.17, 15) is 22.8 Å². The molecule has 0 bridgehead atoms. The number of alkyl carbamates (subject to hydrolysis) is 1. The molecule has 1 fully saturated rings. The maximum Gasteiger partial charge on any atom is 0.434 e. The number of hydrogen-bond acceptors (Lipinski definition) is 5. The number of ether oxygens (including phenoxy) is 1. The number of hydrogen-bond donors (Lipinski definition) is 2. The summed E-state index contributed by atoms with van der Waals surface area (Å²) in [6, 6.07) is 6.12. The van der Waals surface area contributed by atoms with Gasteiger partial charge in [0.05, 0.1) is 28.2 Å². The fourth-order valence-corrected chi connectivity index (χ4v) is 3.26. The minimum Gasteiger partial charge on any atom is -0.434 e. The lowest BCUT2D eigenvalue weighted by Gasteiger charge is -2.22. The van der Waals surface area contributed by atoms with E-state index in [1.807, 2.05) is 6.07 Å². The van der Waals surface area contributed by atoms with Gasteiger partial charge in [-0.3, -0.25) is 4.79 Å². The SMILES string of the molecule is N#Cc1ccc([C@@H](NC(=O)C2CNC(=O)O2)c2cnc(C(F)(F)F)c(Cl)c2)cc1Cl. The Balaban J connectivity index is 2.00. The molecule has 156 valence electrons. The molecule has 1 aromatic heterocycles.